The topological polar surface area (TPSA) is 332 Å². The molecular formula is C25H19Cl2FN8O14S4. The van der Waals surface area contributed by atoms with Gasteiger partial charge in [-0.3, -0.25) is 19.1 Å². The number of sulfone groups is 1. The molecule has 3 aliphatic rings. The van der Waals surface area contributed by atoms with Gasteiger partial charge in [0.15, 0.2) is 42.5 Å². The average Bonchev–Trinajstić information content (AvgIpc) is 3.03. The zero-order valence-electron chi connectivity index (χ0n) is 26.3. The zero-order valence-corrected chi connectivity index (χ0v) is 31.0. The van der Waals surface area contributed by atoms with Crippen LogP contribution in [0.15, 0.2) is 38.5 Å². The third-order valence-corrected chi connectivity index (χ3v) is 11.7. The summed E-state index contributed by atoms with van der Waals surface area (Å²) in [6, 6.07) is 4.46. The van der Waals surface area contributed by atoms with Gasteiger partial charge in [-0.25, -0.2) is 17.6 Å². The number of hydrogen-bond acceptors (Lipinski definition) is 19. The van der Waals surface area contributed by atoms with Crippen molar-refractivity contribution in [2.24, 2.45) is 0 Å². The van der Waals surface area contributed by atoms with Crippen LogP contribution in [0, 0.1) is 11.5 Å². The monoisotopic (exact) mass is 872 g/mol. The van der Waals surface area contributed by atoms with E-state index in [-0.39, 0.29) is 44.0 Å². The molecule has 3 heterocycles. The van der Waals surface area contributed by atoms with E-state index < -0.39 is 109 Å². The fourth-order valence-corrected chi connectivity index (χ4v) is 8.58. The van der Waals surface area contributed by atoms with Crippen molar-refractivity contribution in [2.45, 2.75) is 9.79 Å². The van der Waals surface area contributed by atoms with Crippen LogP contribution >= 0.6 is 23.2 Å². The summed E-state index contributed by atoms with van der Waals surface area (Å²) >= 11 is 13.2. The summed E-state index contributed by atoms with van der Waals surface area (Å²) in [5, 5.41) is 11.8. The molecule has 6 rings (SSSR count). The molecule has 0 spiro atoms. The first-order valence-corrected chi connectivity index (χ1v) is 20.9. The number of ether oxygens (including phenoxy) is 1. The third-order valence-electron chi connectivity index (χ3n) is 7.09. The first-order chi connectivity index (χ1) is 24.9. The van der Waals surface area contributed by atoms with Crippen LogP contribution in [0.25, 0.3) is 22.6 Å². The molecule has 1 aromatic heterocycles. The first-order valence-electron chi connectivity index (χ1n) is 14.1. The minimum absolute atomic E-state index is 0.157. The molecule has 54 heavy (non-hydrogen) atoms. The molecular weight excluding hydrogens is 854 g/mol. The summed E-state index contributed by atoms with van der Waals surface area (Å²) in [6.45, 7) is -0.937. The van der Waals surface area contributed by atoms with Gasteiger partial charge in [-0.15, -0.1) is 0 Å². The maximum absolute atomic E-state index is 14.6. The fourth-order valence-electron chi connectivity index (χ4n) is 4.98. The Labute approximate surface area is 312 Å². The number of anilines is 5. The zero-order chi connectivity index (χ0) is 39.7. The van der Waals surface area contributed by atoms with E-state index in [9.17, 15) is 47.2 Å². The summed E-state index contributed by atoms with van der Waals surface area (Å²) in [4.78, 5) is 13.9. The summed E-state index contributed by atoms with van der Waals surface area (Å²) in [7, 11) is -18.2. The summed E-state index contributed by atoms with van der Waals surface area (Å²) in [6.07, 6.45) is -1.47. The van der Waals surface area contributed by atoms with Gasteiger partial charge >= 0.3 is 16.5 Å². The second kappa shape index (κ2) is 13.6. The highest BCUT2D eigenvalue weighted by molar-refractivity contribution is 7.91. The van der Waals surface area contributed by atoms with Crippen LogP contribution in [0.5, 0.6) is 11.5 Å². The Hall–Kier alpha value is -4.58. The van der Waals surface area contributed by atoms with Gasteiger partial charge in [0, 0.05) is 7.05 Å². The SMILES string of the molecule is CN(CS(=O)(=O)CCOS(=O)(=O)O)c1nc(F)nc(Nc2ccc3c(c2S(=O)(=O)O)Oc2c(c(Cl)c4oc5c(S(=O)(=O)O)c(=N)ccc-5nc4c2Cl)N3)n1. The number of nitrogens with zero attached hydrogens (tertiary/aromatic N) is 5. The standard InChI is InChI=1S/C25H19Cl2FN8O14S4/c1-36(8-51(37,38)7-6-48-54(45,46)47)25-34-23(28)33-24(35-25)32-12-5-4-11-18(22(12)53(42,43)44)50-20-14(27)15-19(13(26)16(20)31-11)49-17-10(30-15)3-2-9(29)21(17)52(39,40)41/h2-5,29,31H,6-8H2,1H3,(H,39,40,41)(H,42,43,44)(H,45,46,47)(H,32,33,34,35). The van der Waals surface area contributed by atoms with Crippen molar-refractivity contribution >= 4 is 104 Å². The van der Waals surface area contributed by atoms with Gasteiger partial charge in [0.2, 0.25) is 11.9 Å². The number of hydrogen-bond donors (Lipinski definition) is 6. The van der Waals surface area contributed by atoms with Gasteiger partial charge in [-0.1, -0.05) is 23.2 Å². The lowest BCUT2D eigenvalue weighted by Crippen LogP contribution is -2.31. The van der Waals surface area contributed by atoms with Crippen LogP contribution in [-0.2, 0) is 44.7 Å². The minimum Gasteiger partial charge on any atom is -0.450 e. The average molecular weight is 874 g/mol. The Morgan fingerprint density at radius 3 is 2.26 bits per heavy atom. The number of benzene rings is 3. The highest BCUT2D eigenvalue weighted by Crippen LogP contribution is 2.55. The van der Waals surface area contributed by atoms with Crippen molar-refractivity contribution in [1.82, 2.24) is 19.9 Å². The van der Waals surface area contributed by atoms with Crippen LogP contribution in [0.3, 0.4) is 0 Å². The number of rotatable bonds is 11. The molecule has 2 aromatic carbocycles. The normalized spacial score (nSPS) is 13.2. The Kier molecular flexibility index (Phi) is 9.87. The molecule has 22 nitrogen and oxygen atoms in total. The van der Waals surface area contributed by atoms with E-state index in [4.69, 9.17) is 42.3 Å². The van der Waals surface area contributed by atoms with Crippen LogP contribution in [0.1, 0.15) is 0 Å². The largest absolute Gasteiger partial charge is 0.450 e. The first kappa shape index (κ1) is 39.1. The molecule has 0 radical (unpaired) electrons. The maximum Gasteiger partial charge on any atom is 0.397 e. The minimum atomic E-state index is -5.26. The molecule has 6 N–H and O–H groups in total. The van der Waals surface area contributed by atoms with Gasteiger partial charge < -0.3 is 24.7 Å². The highest BCUT2D eigenvalue weighted by Gasteiger charge is 2.35. The lowest BCUT2D eigenvalue weighted by molar-refractivity contribution is 0.284. The van der Waals surface area contributed by atoms with Gasteiger partial charge in [0.25, 0.3) is 20.2 Å². The predicted molar refractivity (Wildman–Crippen MR) is 184 cm³/mol. The van der Waals surface area contributed by atoms with E-state index in [0.29, 0.717) is 0 Å². The Morgan fingerprint density at radius 1 is 0.926 bits per heavy atom. The van der Waals surface area contributed by atoms with Crippen LogP contribution in [0.4, 0.5) is 33.3 Å². The Balaban J connectivity index is 1.38. The van der Waals surface area contributed by atoms with Gasteiger partial charge in [0.1, 0.15) is 32.8 Å². The van der Waals surface area contributed by atoms with Gasteiger partial charge in [0.05, 0.1) is 29.1 Å². The van der Waals surface area contributed by atoms with Crippen molar-refractivity contribution in [1.29, 1.82) is 5.41 Å². The molecule has 0 fully saturated rings. The fraction of sp³-hybridized carbons (Fsp3) is 0.160. The second-order valence-electron chi connectivity index (χ2n) is 10.9. The van der Waals surface area contributed by atoms with Crippen molar-refractivity contribution in [2.75, 3.05) is 40.8 Å². The van der Waals surface area contributed by atoms with Crippen molar-refractivity contribution < 1.29 is 65.1 Å². The molecule has 1 aliphatic carbocycles. The maximum atomic E-state index is 14.6. The molecule has 0 unspecified atom stereocenters. The van der Waals surface area contributed by atoms with E-state index in [1.54, 1.807) is 0 Å². The van der Waals surface area contributed by atoms with Crippen LogP contribution in [0.2, 0.25) is 10.0 Å². The number of halogens is 3. The Bertz CT molecular complexity index is 2900. The van der Waals surface area contributed by atoms with Crippen molar-refractivity contribution in [3.63, 3.8) is 0 Å². The molecule has 0 atom stereocenters. The molecule has 3 aromatic rings. The van der Waals surface area contributed by atoms with Crippen LogP contribution in [-0.4, -0.2) is 92.5 Å². The van der Waals surface area contributed by atoms with E-state index >= 15 is 0 Å². The number of aromatic nitrogens is 4. The Morgan fingerprint density at radius 2 is 1.61 bits per heavy atom. The lowest BCUT2D eigenvalue weighted by atomic mass is 10.1. The van der Waals surface area contributed by atoms with Gasteiger partial charge in [-0.05, 0) is 24.3 Å². The predicted octanol–water partition coefficient (Wildman–Crippen LogP) is 2.76. The van der Waals surface area contributed by atoms with Gasteiger partial charge in [-0.2, -0.15) is 44.6 Å². The number of nitrogens with one attached hydrogen (secondary N) is 3. The molecule has 288 valence electrons. The van der Waals surface area contributed by atoms with Crippen molar-refractivity contribution in [3.05, 3.63) is 45.7 Å². The molecule has 0 saturated carbocycles. The van der Waals surface area contributed by atoms with E-state index in [0.717, 1.165) is 24.1 Å². The molecule has 29 heteroatoms. The molecule has 0 amide bonds. The van der Waals surface area contributed by atoms with E-state index in [1.807, 2.05) is 0 Å². The third kappa shape index (κ3) is 7.80. The molecule has 2 aliphatic heterocycles. The molecule has 0 bridgehead atoms. The smallest absolute Gasteiger partial charge is 0.397 e. The second-order valence-corrected chi connectivity index (χ2v) is 17.6. The quantitative estimate of drug-likeness (QED) is 0.0805. The van der Waals surface area contributed by atoms with E-state index in [2.05, 4.69) is 34.8 Å². The summed E-state index contributed by atoms with van der Waals surface area (Å²) in [5.41, 5.74) is -1.61. The van der Waals surface area contributed by atoms with E-state index in [1.165, 1.54) is 12.1 Å². The molecule has 0 saturated heterocycles. The summed E-state index contributed by atoms with van der Waals surface area (Å²) < 4.78 is 155. The lowest BCUT2D eigenvalue weighted by Gasteiger charge is -2.26. The summed E-state index contributed by atoms with van der Waals surface area (Å²) in [5.74, 6) is -4.61. The highest BCUT2D eigenvalue weighted by atomic mass is 35.5. The van der Waals surface area contributed by atoms with Crippen molar-refractivity contribution in [3.8, 4) is 23.0 Å². The van der Waals surface area contributed by atoms with Crippen LogP contribution < -0.4 is 25.6 Å². The number of fused-ring (bicyclic) bond motifs is 4.